The molecular weight excluding hydrogens is 368 g/mol. The Morgan fingerprint density at radius 2 is 2.23 bits per heavy atom. The van der Waals surface area contributed by atoms with Gasteiger partial charge in [-0.1, -0.05) is 29.4 Å². The molecule has 3 rings (SSSR count). The number of carbonyl (C=O) groups excluding carboxylic acids is 1. The van der Waals surface area contributed by atoms with E-state index in [1.54, 1.807) is 6.33 Å². The van der Waals surface area contributed by atoms with Crippen molar-refractivity contribution in [3.05, 3.63) is 41.2 Å². The van der Waals surface area contributed by atoms with Crippen molar-refractivity contribution in [1.82, 2.24) is 9.97 Å². The molecule has 7 heteroatoms. The third-order valence-electron chi connectivity index (χ3n) is 4.62. The van der Waals surface area contributed by atoms with Crippen LogP contribution < -0.4 is 10.2 Å². The van der Waals surface area contributed by atoms with E-state index in [0.717, 1.165) is 28.6 Å². The fraction of sp³-hybridized carbons (Fsp3) is 0.421. The van der Waals surface area contributed by atoms with E-state index in [4.69, 9.17) is 11.6 Å². The number of nitrogens with one attached hydrogen (secondary N) is 1. The fourth-order valence-corrected chi connectivity index (χ4v) is 3.91. The smallest absolute Gasteiger partial charge is 0.234 e. The number of halogens is 1. The number of thioether (sulfide) groups is 1. The highest BCUT2D eigenvalue weighted by atomic mass is 35.5. The zero-order chi connectivity index (χ0) is 18.5. The van der Waals surface area contributed by atoms with Gasteiger partial charge in [0.1, 0.15) is 17.2 Å². The summed E-state index contributed by atoms with van der Waals surface area (Å²) in [4.78, 5) is 23.3. The van der Waals surface area contributed by atoms with E-state index in [2.05, 4.69) is 27.1 Å². The molecule has 0 spiro atoms. The van der Waals surface area contributed by atoms with Crippen LogP contribution in [0.5, 0.6) is 0 Å². The molecule has 1 aromatic heterocycles. The fourth-order valence-electron chi connectivity index (χ4n) is 3.07. The molecule has 0 radical (unpaired) electrons. The number of amides is 1. The molecule has 5 nitrogen and oxygen atoms in total. The molecule has 1 aliphatic rings. The highest BCUT2D eigenvalue weighted by Crippen LogP contribution is 2.26. The van der Waals surface area contributed by atoms with Crippen molar-refractivity contribution in [2.24, 2.45) is 0 Å². The highest BCUT2D eigenvalue weighted by molar-refractivity contribution is 7.99. The molecule has 1 amide bonds. The summed E-state index contributed by atoms with van der Waals surface area (Å²) in [6.45, 7) is 5.15. The summed E-state index contributed by atoms with van der Waals surface area (Å²) >= 11 is 7.51. The second kappa shape index (κ2) is 8.73. The van der Waals surface area contributed by atoms with Crippen LogP contribution >= 0.6 is 23.4 Å². The minimum Gasteiger partial charge on any atom is -0.354 e. The van der Waals surface area contributed by atoms with E-state index >= 15 is 0 Å². The molecule has 0 unspecified atom stereocenters. The van der Waals surface area contributed by atoms with Gasteiger partial charge in [-0.3, -0.25) is 4.79 Å². The normalized spacial score (nSPS) is 17.2. The lowest BCUT2D eigenvalue weighted by atomic mass is 10.0. The quantitative estimate of drug-likeness (QED) is 0.599. The maximum Gasteiger partial charge on any atom is 0.234 e. The number of hydrogen-bond donors (Lipinski definition) is 1. The van der Waals surface area contributed by atoms with Crippen LogP contribution in [0.1, 0.15) is 31.7 Å². The summed E-state index contributed by atoms with van der Waals surface area (Å²) in [5, 5.41) is 4.36. The maximum atomic E-state index is 12.3. The lowest BCUT2D eigenvalue weighted by Crippen LogP contribution is -2.38. The summed E-state index contributed by atoms with van der Waals surface area (Å²) < 4.78 is 0. The average Bonchev–Trinajstić information content (AvgIpc) is 2.64. The van der Waals surface area contributed by atoms with Crippen molar-refractivity contribution in [3.63, 3.8) is 0 Å². The number of hydrogen-bond acceptors (Lipinski definition) is 5. The Kier molecular flexibility index (Phi) is 6.38. The van der Waals surface area contributed by atoms with Crippen molar-refractivity contribution in [2.45, 2.75) is 44.2 Å². The van der Waals surface area contributed by atoms with Gasteiger partial charge in [0.05, 0.1) is 5.75 Å². The molecule has 138 valence electrons. The number of anilines is 2. The summed E-state index contributed by atoms with van der Waals surface area (Å²) in [5.41, 5.74) is 1.62. The summed E-state index contributed by atoms with van der Waals surface area (Å²) in [6.07, 6.45) is 5.23. The molecular formula is C19H23ClN4OS. The lowest BCUT2D eigenvalue weighted by molar-refractivity contribution is -0.113. The number of piperidine rings is 1. The van der Waals surface area contributed by atoms with Gasteiger partial charge >= 0.3 is 0 Å². The predicted octanol–water partition coefficient (Wildman–Crippen LogP) is 4.55. The van der Waals surface area contributed by atoms with E-state index in [9.17, 15) is 4.79 Å². The van der Waals surface area contributed by atoms with Gasteiger partial charge in [-0.15, -0.1) is 0 Å². The molecule has 0 aliphatic carbocycles. The molecule has 1 fully saturated rings. The Morgan fingerprint density at radius 3 is 3.04 bits per heavy atom. The first-order valence-corrected chi connectivity index (χ1v) is 10.2. The van der Waals surface area contributed by atoms with Crippen molar-refractivity contribution in [1.29, 1.82) is 0 Å². The Bertz CT molecular complexity index is 786. The van der Waals surface area contributed by atoms with Crippen molar-refractivity contribution in [3.8, 4) is 0 Å². The van der Waals surface area contributed by atoms with E-state index in [0.29, 0.717) is 11.1 Å². The van der Waals surface area contributed by atoms with Crippen molar-refractivity contribution in [2.75, 3.05) is 22.5 Å². The largest absolute Gasteiger partial charge is 0.354 e. The first kappa shape index (κ1) is 19.0. The van der Waals surface area contributed by atoms with Crippen LogP contribution in [0.2, 0.25) is 5.02 Å². The van der Waals surface area contributed by atoms with E-state index in [-0.39, 0.29) is 11.7 Å². The molecule has 1 atom stereocenters. The monoisotopic (exact) mass is 390 g/mol. The van der Waals surface area contributed by atoms with Crippen LogP contribution in [0.25, 0.3) is 0 Å². The van der Waals surface area contributed by atoms with Gasteiger partial charge < -0.3 is 10.2 Å². The number of carbonyl (C=O) groups is 1. The van der Waals surface area contributed by atoms with Crippen LogP contribution in [0, 0.1) is 6.92 Å². The second-order valence-electron chi connectivity index (χ2n) is 6.50. The predicted molar refractivity (Wildman–Crippen MR) is 108 cm³/mol. The van der Waals surface area contributed by atoms with Gasteiger partial charge in [0.25, 0.3) is 0 Å². The Morgan fingerprint density at radius 1 is 1.38 bits per heavy atom. The molecule has 0 bridgehead atoms. The molecule has 1 saturated heterocycles. The van der Waals surface area contributed by atoms with E-state index in [1.807, 2.05) is 31.2 Å². The van der Waals surface area contributed by atoms with Crippen LogP contribution in [-0.2, 0) is 4.79 Å². The van der Waals surface area contributed by atoms with Gasteiger partial charge in [-0.2, -0.15) is 0 Å². The molecule has 2 aromatic rings. The highest BCUT2D eigenvalue weighted by Gasteiger charge is 2.20. The van der Waals surface area contributed by atoms with Gasteiger partial charge in [0, 0.05) is 29.4 Å². The number of nitrogens with zero attached hydrogens (tertiary/aromatic N) is 3. The van der Waals surface area contributed by atoms with E-state index in [1.165, 1.54) is 31.0 Å². The van der Waals surface area contributed by atoms with Gasteiger partial charge in [0.2, 0.25) is 5.91 Å². The molecule has 1 N–H and O–H groups in total. The molecule has 1 aliphatic heterocycles. The first-order valence-electron chi connectivity index (χ1n) is 8.81. The lowest BCUT2D eigenvalue weighted by Gasteiger charge is -2.34. The number of aromatic nitrogens is 2. The summed E-state index contributed by atoms with van der Waals surface area (Å²) in [7, 11) is 0. The van der Waals surface area contributed by atoms with Crippen molar-refractivity contribution >= 4 is 40.8 Å². The summed E-state index contributed by atoms with van der Waals surface area (Å²) in [5.74, 6) is 1.16. The van der Waals surface area contributed by atoms with Crippen LogP contribution in [0.3, 0.4) is 0 Å². The van der Waals surface area contributed by atoms with Gasteiger partial charge in [-0.25, -0.2) is 9.97 Å². The third kappa shape index (κ3) is 4.68. The topological polar surface area (TPSA) is 58.1 Å². The Balaban J connectivity index is 1.60. The SMILES string of the molecule is Cc1c(Cl)cccc1NC(=O)CSc1cc(N2CCCC[C@H]2C)ncn1. The molecule has 26 heavy (non-hydrogen) atoms. The third-order valence-corrected chi connectivity index (χ3v) is 5.95. The van der Waals surface area contributed by atoms with Crippen LogP contribution in [0.4, 0.5) is 11.5 Å². The maximum absolute atomic E-state index is 12.3. The minimum atomic E-state index is -0.0770. The van der Waals surface area contributed by atoms with Gasteiger partial charge in [0.15, 0.2) is 0 Å². The van der Waals surface area contributed by atoms with Gasteiger partial charge in [-0.05, 0) is 50.8 Å². The number of benzene rings is 1. The number of rotatable bonds is 5. The standard InChI is InChI=1S/C19H23ClN4OS/c1-13-6-3-4-9-24(13)17-10-19(22-12-21-17)26-11-18(25)23-16-8-5-7-15(20)14(16)2/h5,7-8,10,12-13H,3-4,6,9,11H2,1-2H3,(H,23,25)/t13-/m1/s1. The molecule has 2 heterocycles. The zero-order valence-electron chi connectivity index (χ0n) is 15.0. The Labute approximate surface area is 163 Å². The summed E-state index contributed by atoms with van der Waals surface area (Å²) in [6, 6.07) is 7.96. The van der Waals surface area contributed by atoms with Crippen LogP contribution in [0.15, 0.2) is 35.6 Å². The zero-order valence-corrected chi connectivity index (χ0v) is 16.6. The average molecular weight is 391 g/mol. The second-order valence-corrected chi connectivity index (χ2v) is 7.90. The van der Waals surface area contributed by atoms with Crippen LogP contribution in [-0.4, -0.2) is 34.2 Å². The first-order chi connectivity index (χ1) is 12.5. The molecule has 1 aromatic carbocycles. The molecule has 0 saturated carbocycles. The minimum absolute atomic E-state index is 0.0770. The van der Waals surface area contributed by atoms with E-state index < -0.39 is 0 Å². The van der Waals surface area contributed by atoms with Crippen molar-refractivity contribution < 1.29 is 4.79 Å². The Hall–Kier alpha value is -1.79.